The Labute approximate surface area is 110 Å². The molecule has 0 spiro atoms. The Morgan fingerprint density at radius 2 is 2.11 bits per heavy atom. The lowest BCUT2D eigenvalue weighted by atomic mass is 9.86. The molecule has 3 aliphatic rings. The molecule has 0 aromatic heterocycles. The van der Waals surface area contributed by atoms with Crippen molar-refractivity contribution in [3.8, 4) is 0 Å². The molecule has 102 valence electrons. The zero-order chi connectivity index (χ0) is 12.5. The van der Waals surface area contributed by atoms with Crippen LogP contribution in [-0.2, 0) is 4.79 Å². The molecule has 3 rings (SSSR count). The van der Waals surface area contributed by atoms with E-state index < -0.39 is 0 Å². The van der Waals surface area contributed by atoms with Crippen molar-refractivity contribution < 1.29 is 4.79 Å². The second-order valence-electron chi connectivity index (χ2n) is 6.90. The number of amides is 1. The summed E-state index contributed by atoms with van der Waals surface area (Å²) in [6.07, 6.45) is 7.44. The SMILES string of the molecule is CC1CNCC(NC(=O)CC2CC3CCC2C3)C1. The van der Waals surface area contributed by atoms with Gasteiger partial charge in [0, 0.05) is 19.0 Å². The van der Waals surface area contributed by atoms with Crippen LogP contribution in [0.4, 0.5) is 0 Å². The molecular weight excluding hydrogens is 224 g/mol. The van der Waals surface area contributed by atoms with Gasteiger partial charge in [0.1, 0.15) is 0 Å². The summed E-state index contributed by atoms with van der Waals surface area (Å²) in [6.45, 7) is 4.30. The molecule has 0 radical (unpaired) electrons. The zero-order valence-electron chi connectivity index (χ0n) is 11.5. The first-order valence-electron chi connectivity index (χ1n) is 7.70. The molecule has 2 bridgehead atoms. The van der Waals surface area contributed by atoms with Crippen molar-refractivity contribution in [2.75, 3.05) is 13.1 Å². The van der Waals surface area contributed by atoms with Crippen LogP contribution in [0.25, 0.3) is 0 Å². The summed E-state index contributed by atoms with van der Waals surface area (Å²) in [7, 11) is 0. The topological polar surface area (TPSA) is 41.1 Å². The van der Waals surface area contributed by atoms with Crippen molar-refractivity contribution in [2.45, 2.75) is 51.5 Å². The van der Waals surface area contributed by atoms with E-state index in [4.69, 9.17) is 0 Å². The Morgan fingerprint density at radius 1 is 1.22 bits per heavy atom. The van der Waals surface area contributed by atoms with Crippen molar-refractivity contribution in [3.05, 3.63) is 0 Å². The smallest absolute Gasteiger partial charge is 0.220 e. The van der Waals surface area contributed by atoms with Gasteiger partial charge in [-0.1, -0.05) is 13.3 Å². The molecule has 18 heavy (non-hydrogen) atoms. The number of piperidine rings is 1. The van der Waals surface area contributed by atoms with Crippen LogP contribution in [0.1, 0.15) is 45.4 Å². The van der Waals surface area contributed by atoms with E-state index in [1.54, 1.807) is 0 Å². The molecule has 5 atom stereocenters. The summed E-state index contributed by atoms with van der Waals surface area (Å²) in [5, 5.41) is 6.63. The molecule has 3 fully saturated rings. The predicted molar refractivity (Wildman–Crippen MR) is 72.1 cm³/mol. The minimum Gasteiger partial charge on any atom is -0.352 e. The molecular formula is C15H26N2O. The zero-order valence-corrected chi connectivity index (χ0v) is 11.5. The molecule has 0 aromatic carbocycles. The van der Waals surface area contributed by atoms with Gasteiger partial charge in [0.2, 0.25) is 5.91 Å². The molecule has 1 heterocycles. The van der Waals surface area contributed by atoms with Gasteiger partial charge in [0.15, 0.2) is 0 Å². The van der Waals surface area contributed by atoms with Crippen molar-refractivity contribution in [1.82, 2.24) is 10.6 Å². The van der Waals surface area contributed by atoms with E-state index in [9.17, 15) is 4.79 Å². The predicted octanol–water partition coefficient (Wildman–Crippen LogP) is 1.93. The van der Waals surface area contributed by atoms with Crippen LogP contribution in [0.2, 0.25) is 0 Å². The fraction of sp³-hybridized carbons (Fsp3) is 0.933. The summed E-state index contributed by atoms with van der Waals surface area (Å²) in [4.78, 5) is 12.1. The lowest BCUT2D eigenvalue weighted by Gasteiger charge is -2.29. The van der Waals surface area contributed by atoms with Crippen LogP contribution in [0.15, 0.2) is 0 Å². The second-order valence-corrected chi connectivity index (χ2v) is 6.90. The van der Waals surface area contributed by atoms with E-state index in [1.807, 2.05) is 0 Å². The fourth-order valence-corrected chi connectivity index (χ4v) is 4.42. The van der Waals surface area contributed by atoms with E-state index in [-0.39, 0.29) is 0 Å². The normalized spacial score (nSPS) is 43.1. The number of carbonyl (C=O) groups excluding carboxylic acids is 1. The summed E-state index contributed by atoms with van der Waals surface area (Å²) < 4.78 is 0. The summed E-state index contributed by atoms with van der Waals surface area (Å²) in [6, 6.07) is 0.361. The van der Waals surface area contributed by atoms with E-state index in [0.717, 1.165) is 37.8 Å². The molecule has 2 saturated carbocycles. The highest BCUT2D eigenvalue weighted by molar-refractivity contribution is 5.76. The van der Waals surface area contributed by atoms with E-state index in [0.29, 0.717) is 23.8 Å². The summed E-state index contributed by atoms with van der Waals surface area (Å²) in [5.41, 5.74) is 0. The number of carbonyl (C=O) groups is 1. The Hall–Kier alpha value is -0.570. The van der Waals surface area contributed by atoms with Crippen LogP contribution in [-0.4, -0.2) is 25.0 Å². The maximum Gasteiger partial charge on any atom is 0.220 e. The summed E-state index contributed by atoms with van der Waals surface area (Å²) >= 11 is 0. The van der Waals surface area contributed by atoms with E-state index in [1.165, 1.54) is 25.7 Å². The first-order chi connectivity index (χ1) is 8.70. The average molecular weight is 250 g/mol. The molecule has 1 saturated heterocycles. The molecule has 1 amide bonds. The van der Waals surface area contributed by atoms with Crippen molar-refractivity contribution >= 4 is 5.91 Å². The maximum absolute atomic E-state index is 12.1. The van der Waals surface area contributed by atoms with Gasteiger partial charge >= 0.3 is 0 Å². The van der Waals surface area contributed by atoms with Crippen LogP contribution >= 0.6 is 0 Å². The first kappa shape index (κ1) is 12.5. The standard InChI is InChI=1S/C15H26N2O/c1-10-4-14(9-16-8-10)17-15(18)7-13-6-11-2-3-12(13)5-11/h10-14,16H,2-9H2,1H3,(H,17,18). The van der Waals surface area contributed by atoms with Crippen molar-refractivity contribution in [3.63, 3.8) is 0 Å². The largest absolute Gasteiger partial charge is 0.352 e. The average Bonchev–Trinajstić information content (AvgIpc) is 2.90. The maximum atomic E-state index is 12.1. The number of hydrogen-bond donors (Lipinski definition) is 2. The molecule has 2 aliphatic carbocycles. The van der Waals surface area contributed by atoms with Gasteiger partial charge in [0.05, 0.1) is 0 Å². The number of fused-ring (bicyclic) bond motifs is 2. The van der Waals surface area contributed by atoms with E-state index >= 15 is 0 Å². The lowest BCUT2D eigenvalue weighted by molar-refractivity contribution is -0.123. The van der Waals surface area contributed by atoms with Crippen LogP contribution in [0.3, 0.4) is 0 Å². The Balaban J connectivity index is 1.44. The van der Waals surface area contributed by atoms with Crippen LogP contribution < -0.4 is 10.6 Å². The fourth-order valence-electron chi connectivity index (χ4n) is 4.42. The van der Waals surface area contributed by atoms with Gasteiger partial charge in [-0.2, -0.15) is 0 Å². The van der Waals surface area contributed by atoms with Gasteiger partial charge in [-0.25, -0.2) is 0 Å². The van der Waals surface area contributed by atoms with Crippen LogP contribution in [0, 0.1) is 23.7 Å². The highest BCUT2D eigenvalue weighted by atomic mass is 16.1. The third-order valence-corrected chi connectivity index (χ3v) is 5.27. The monoisotopic (exact) mass is 250 g/mol. The lowest BCUT2D eigenvalue weighted by Crippen LogP contribution is -2.48. The third-order valence-electron chi connectivity index (χ3n) is 5.27. The number of nitrogens with one attached hydrogen (secondary N) is 2. The molecule has 3 heteroatoms. The second kappa shape index (κ2) is 5.20. The minimum atomic E-state index is 0.299. The highest BCUT2D eigenvalue weighted by Gasteiger charge is 2.40. The van der Waals surface area contributed by atoms with Gasteiger partial charge < -0.3 is 10.6 Å². The Morgan fingerprint density at radius 3 is 2.78 bits per heavy atom. The molecule has 2 N–H and O–H groups in total. The van der Waals surface area contributed by atoms with E-state index in [2.05, 4.69) is 17.6 Å². The van der Waals surface area contributed by atoms with Gasteiger partial charge in [0.25, 0.3) is 0 Å². The molecule has 0 aromatic rings. The number of hydrogen-bond acceptors (Lipinski definition) is 2. The number of rotatable bonds is 3. The first-order valence-corrected chi connectivity index (χ1v) is 7.70. The minimum absolute atomic E-state index is 0.299. The van der Waals surface area contributed by atoms with Gasteiger partial charge in [-0.15, -0.1) is 0 Å². The van der Waals surface area contributed by atoms with Gasteiger partial charge in [-0.05, 0) is 55.9 Å². The molecule has 5 unspecified atom stereocenters. The quantitative estimate of drug-likeness (QED) is 0.803. The highest BCUT2D eigenvalue weighted by Crippen LogP contribution is 2.49. The molecule has 3 nitrogen and oxygen atoms in total. The summed E-state index contributed by atoms with van der Waals surface area (Å²) in [5.74, 6) is 3.49. The van der Waals surface area contributed by atoms with Gasteiger partial charge in [-0.3, -0.25) is 4.79 Å². The van der Waals surface area contributed by atoms with Crippen molar-refractivity contribution in [2.24, 2.45) is 23.7 Å². The Bertz CT molecular complexity index is 318. The Kier molecular flexibility index (Phi) is 3.60. The molecule has 1 aliphatic heterocycles. The van der Waals surface area contributed by atoms with Crippen LogP contribution in [0.5, 0.6) is 0 Å². The van der Waals surface area contributed by atoms with Crippen molar-refractivity contribution in [1.29, 1.82) is 0 Å². The third kappa shape index (κ3) is 2.71.